The van der Waals surface area contributed by atoms with E-state index >= 15 is 0 Å². The third-order valence-electron chi connectivity index (χ3n) is 5.52. The van der Waals surface area contributed by atoms with E-state index in [9.17, 15) is 4.79 Å². The van der Waals surface area contributed by atoms with Crippen molar-refractivity contribution in [1.29, 1.82) is 0 Å². The van der Waals surface area contributed by atoms with Crippen molar-refractivity contribution in [1.82, 2.24) is 15.1 Å². The van der Waals surface area contributed by atoms with Gasteiger partial charge in [-0.3, -0.25) is 9.69 Å². The van der Waals surface area contributed by atoms with Crippen LogP contribution in [0.4, 0.5) is 0 Å². The van der Waals surface area contributed by atoms with Gasteiger partial charge < -0.3 is 10.2 Å². The van der Waals surface area contributed by atoms with Gasteiger partial charge in [0.15, 0.2) is 0 Å². The van der Waals surface area contributed by atoms with Crippen LogP contribution in [-0.2, 0) is 4.79 Å². The third kappa shape index (κ3) is 2.60. The molecule has 3 heterocycles. The lowest BCUT2D eigenvalue weighted by atomic mass is 9.81. The van der Waals surface area contributed by atoms with E-state index < -0.39 is 0 Å². The number of nitrogens with zero attached hydrogens (tertiary/aromatic N) is 2. The molecule has 3 saturated heterocycles. The molecule has 0 saturated carbocycles. The summed E-state index contributed by atoms with van der Waals surface area (Å²) in [6.07, 6.45) is 6.93. The van der Waals surface area contributed by atoms with Crippen molar-refractivity contribution in [2.75, 3.05) is 39.3 Å². The zero-order valence-electron chi connectivity index (χ0n) is 12.9. The van der Waals surface area contributed by atoms with Gasteiger partial charge in [0, 0.05) is 32.2 Å². The summed E-state index contributed by atoms with van der Waals surface area (Å²) in [7, 11) is 0. The fraction of sp³-hybridized carbons (Fsp3) is 0.938. The fourth-order valence-corrected chi connectivity index (χ4v) is 4.45. The van der Waals surface area contributed by atoms with E-state index in [1.165, 1.54) is 25.9 Å². The number of carbonyl (C=O) groups excluding carboxylic acids is 1. The maximum atomic E-state index is 13.1. The molecule has 2 unspecified atom stereocenters. The van der Waals surface area contributed by atoms with Crippen LogP contribution in [0.15, 0.2) is 0 Å². The molecular weight excluding hydrogens is 250 g/mol. The summed E-state index contributed by atoms with van der Waals surface area (Å²) in [4.78, 5) is 17.9. The van der Waals surface area contributed by atoms with Crippen LogP contribution in [0.1, 0.15) is 45.4 Å². The van der Waals surface area contributed by atoms with Crippen LogP contribution in [0.25, 0.3) is 0 Å². The first kappa shape index (κ1) is 14.3. The molecule has 0 aliphatic carbocycles. The Morgan fingerprint density at radius 3 is 2.90 bits per heavy atom. The van der Waals surface area contributed by atoms with Gasteiger partial charge in [0.25, 0.3) is 0 Å². The smallest absolute Gasteiger partial charge is 0.230 e. The van der Waals surface area contributed by atoms with E-state index in [1.807, 2.05) is 0 Å². The van der Waals surface area contributed by atoms with Gasteiger partial charge in [-0.1, -0.05) is 13.3 Å². The number of amides is 1. The molecule has 0 aromatic heterocycles. The largest absolute Gasteiger partial charge is 0.341 e. The van der Waals surface area contributed by atoms with Gasteiger partial charge in [0.2, 0.25) is 5.91 Å². The summed E-state index contributed by atoms with van der Waals surface area (Å²) in [5.74, 6) is 0.443. The maximum Gasteiger partial charge on any atom is 0.230 e. The van der Waals surface area contributed by atoms with Crippen LogP contribution < -0.4 is 5.32 Å². The molecule has 2 atom stereocenters. The molecule has 3 aliphatic rings. The third-order valence-corrected chi connectivity index (χ3v) is 5.52. The standard InChI is InChI=1S/C16H29N3O/c1-2-6-16(7-8-17-13-16)15(20)19-11-4-10-18-9-3-5-14(18)12-19/h14,17H,2-13H2,1H3. The average molecular weight is 279 g/mol. The quantitative estimate of drug-likeness (QED) is 0.849. The first-order chi connectivity index (χ1) is 9.75. The van der Waals surface area contributed by atoms with Crippen molar-refractivity contribution in [3.05, 3.63) is 0 Å². The lowest BCUT2D eigenvalue weighted by molar-refractivity contribution is -0.142. The number of carbonyl (C=O) groups is 1. The second-order valence-corrected chi connectivity index (χ2v) is 6.89. The van der Waals surface area contributed by atoms with Gasteiger partial charge in [-0.05, 0) is 45.2 Å². The van der Waals surface area contributed by atoms with Gasteiger partial charge in [0.05, 0.1) is 5.41 Å². The normalized spacial score (nSPS) is 35.0. The topological polar surface area (TPSA) is 35.6 Å². The number of rotatable bonds is 3. The molecule has 4 nitrogen and oxygen atoms in total. The van der Waals surface area contributed by atoms with Crippen molar-refractivity contribution in [3.63, 3.8) is 0 Å². The number of nitrogens with one attached hydrogen (secondary N) is 1. The van der Waals surface area contributed by atoms with Crippen LogP contribution in [-0.4, -0.2) is 61.0 Å². The molecule has 0 radical (unpaired) electrons. The molecule has 4 heteroatoms. The predicted octanol–water partition coefficient (Wildman–Crippen LogP) is 1.46. The molecule has 3 fully saturated rings. The van der Waals surface area contributed by atoms with Gasteiger partial charge in [-0.15, -0.1) is 0 Å². The Bertz CT molecular complexity index is 352. The van der Waals surface area contributed by atoms with E-state index in [2.05, 4.69) is 22.0 Å². The average Bonchev–Trinajstić information content (AvgIpc) is 3.05. The molecule has 114 valence electrons. The van der Waals surface area contributed by atoms with Crippen molar-refractivity contribution in [2.24, 2.45) is 5.41 Å². The zero-order chi connectivity index (χ0) is 14.0. The molecule has 0 aromatic carbocycles. The fourth-order valence-electron chi connectivity index (χ4n) is 4.45. The van der Waals surface area contributed by atoms with Crippen LogP contribution in [0.2, 0.25) is 0 Å². The SMILES string of the molecule is CCCC1(C(=O)N2CCCN3CCCC3C2)CCNC1. The van der Waals surface area contributed by atoms with E-state index in [4.69, 9.17) is 0 Å². The summed E-state index contributed by atoms with van der Waals surface area (Å²) >= 11 is 0. The van der Waals surface area contributed by atoms with Crippen molar-refractivity contribution in [2.45, 2.75) is 51.5 Å². The van der Waals surface area contributed by atoms with Gasteiger partial charge >= 0.3 is 0 Å². The first-order valence-corrected chi connectivity index (χ1v) is 8.49. The second kappa shape index (κ2) is 6.02. The van der Waals surface area contributed by atoms with Crippen molar-refractivity contribution >= 4 is 5.91 Å². The van der Waals surface area contributed by atoms with Gasteiger partial charge in [-0.2, -0.15) is 0 Å². The van der Waals surface area contributed by atoms with Crippen LogP contribution in [0, 0.1) is 5.41 Å². The van der Waals surface area contributed by atoms with Crippen molar-refractivity contribution in [3.8, 4) is 0 Å². The van der Waals surface area contributed by atoms with Gasteiger partial charge in [-0.25, -0.2) is 0 Å². The monoisotopic (exact) mass is 279 g/mol. The second-order valence-electron chi connectivity index (χ2n) is 6.89. The molecule has 20 heavy (non-hydrogen) atoms. The minimum absolute atomic E-state index is 0.0947. The van der Waals surface area contributed by atoms with Gasteiger partial charge in [0.1, 0.15) is 0 Å². The summed E-state index contributed by atoms with van der Waals surface area (Å²) in [5.41, 5.74) is -0.0947. The Hall–Kier alpha value is -0.610. The van der Waals surface area contributed by atoms with E-state index in [-0.39, 0.29) is 5.41 Å². The Balaban J connectivity index is 1.71. The van der Waals surface area contributed by atoms with Crippen LogP contribution in [0.5, 0.6) is 0 Å². The lowest BCUT2D eigenvalue weighted by Crippen LogP contribution is -2.48. The Labute approximate surface area is 122 Å². The Morgan fingerprint density at radius 1 is 1.30 bits per heavy atom. The summed E-state index contributed by atoms with van der Waals surface area (Å²) in [6, 6.07) is 0.634. The van der Waals surface area contributed by atoms with E-state index in [0.29, 0.717) is 11.9 Å². The first-order valence-electron chi connectivity index (χ1n) is 8.49. The minimum Gasteiger partial charge on any atom is -0.341 e. The molecular formula is C16H29N3O. The maximum absolute atomic E-state index is 13.1. The summed E-state index contributed by atoms with van der Waals surface area (Å²) < 4.78 is 0. The highest BCUT2D eigenvalue weighted by Crippen LogP contribution is 2.34. The predicted molar refractivity (Wildman–Crippen MR) is 80.6 cm³/mol. The molecule has 0 aromatic rings. The van der Waals surface area contributed by atoms with E-state index in [0.717, 1.165) is 51.9 Å². The Kier molecular flexibility index (Phi) is 4.32. The number of hydrogen-bond donors (Lipinski definition) is 1. The summed E-state index contributed by atoms with van der Waals surface area (Å²) in [5, 5.41) is 3.42. The molecule has 1 N–H and O–H groups in total. The van der Waals surface area contributed by atoms with Crippen LogP contribution >= 0.6 is 0 Å². The van der Waals surface area contributed by atoms with Crippen molar-refractivity contribution < 1.29 is 4.79 Å². The highest BCUT2D eigenvalue weighted by atomic mass is 16.2. The molecule has 0 spiro atoms. The highest BCUT2D eigenvalue weighted by molar-refractivity contribution is 5.83. The number of fused-ring (bicyclic) bond motifs is 1. The minimum atomic E-state index is -0.0947. The molecule has 0 bridgehead atoms. The number of hydrogen-bond acceptors (Lipinski definition) is 3. The highest BCUT2D eigenvalue weighted by Gasteiger charge is 2.44. The molecule has 3 aliphatic heterocycles. The molecule has 1 amide bonds. The lowest BCUT2D eigenvalue weighted by Gasteiger charge is -2.34. The van der Waals surface area contributed by atoms with Crippen LogP contribution in [0.3, 0.4) is 0 Å². The Morgan fingerprint density at radius 2 is 2.15 bits per heavy atom. The van der Waals surface area contributed by atoms with E-state index in [1.54, 1.807) is 0 Å². The summed E-state index contributed by atoms with van der Waals surface area (Å²) in [6.45, 7) is 8.48. The zero-order valence-corrected chi connectivity index (χ0v) is 12.9. The molecule has 3 rings (SSSR count).